The highest BCUT2D eigenvalue weighted by atomic mass is 16.5. The molecule has 3 rings (SSSR count). The largest absolute Gasteiger partial charge is 0.465 e. The van der Waals surface area contributed by atoms with Gasteiger partial charge in [-0.15, -0.1) is 0 Å². The van der Waals surface area contributed by atoms with Gasteiger partial charge in [0.15, 0.2) is 0 Å². The minimum absolute atomic E-state index is 0.558. The molecule has 5 heteroatoms. The number of aromatic nitrogens is 1. The van der Waals surface area contributed by atoms with Crippen LogP contribution >= 0.6 is 0 Å². The van der Waals surface area contributed by atoms with E-state index in [4.69, 9.17) is 4.74 Å². The molecule has 0 saturated heterocycles. The Hall–Kier alpha value is -2.95. The molecule has 1 aromatic heterocycles. The number of para-hydroxylation sites is 1. The summed E-state index contributed by atoms with van der Waals surface area (Å²) in [5.74, 6) is 1.40. The Morgan fingerprint density at radius 2 is 1.79 bits per heavy atom. The van der Waals surface area contributed by atoms with Crippen molar-refractivity contribution in [3.8, 4) is 11.5 Å². The van der Waals surface area contributed by atoms with Gasteiger partial charge in [-0.25, -0.2) is 4.79 Å². The first-order valence-electron chi connectivity index (χ1n) is 7.73. The van der Waals surface area contributed by atoms with E-state index in [1.807, 2.05) is 69.3 Å². The van der Waals surface area contributed by atoms with Gasteiger partial charge in [0.25, 0.3) is 0 Å². The van der Waals surface area contributed by atoms with Crippen LogP contribution in [0.2, 0.25) is 0 Å². The fourth-order valence-corrected chi connectivity index (χ4v) is 2.71. The van der Waals surface area contributed by atoms with Gasteiger partial charge in [0, 0.05) is 22.6 Å². The van der Waals surface area contributed by atoms with Crippen molar-refractivity contribution in [1.82, 2.24) is 4.98 Å². The second-order valence-corrected chi connectivity index (χ2v) is 6.59. The summed E-state index contributed by atoms with van der Waals surface area (Å²) >= 11 is 0. The van der Waals surface area contributed by atoms with Crippen molar-refractivity contribution in [3.63, 3.8) is 0 Å². The zero-order valence-corrected chi connectivity index (χ0v) is 13.9. The Morgan fingerprint density at radius 1 is 1.08 bits per heavy atom. The lowest BCUT2D eigenvalue weighted by molar-refractivity contribution is 0.196. The maximum Gasteiger partial charge on any atom is 0.412 e. The molecule has 0 aliphatic carbocycles. The molecule has 0 spiro atoms. The number of aromatic amines is 1. The van der Waals surface area contributed by atoms with Gasteiger partial charge >= 0.3 is 6.09 Å². The second-order valence-electron chi connectivity index (χ2n) is 6.59. The van der Waals surface area contributed by atoms with Crippen LogP contribution < -0.4 is 9.64 Å². The Bertz CT molecular complexity index is 863. The van der Waals surface area contributed by atoms with E-state index in [1.165, 1.54) is 4.90 Å². The van der Waals surface area contributed by atoms with E-state index in [9.17, 15) is 9.90 Å². The van der Waals surface area contributed by atoms with E-state index in [1.54, 1.807) is 6.20 Å². The first-order valence-corrected chi connectivity index (χ1v) is 7.73. The lowest BCUT2D eigenvalue weighted by Gasteiger charge is -2.32. The molecule has 1 heterocycles. The number of anilines is 1. The highest BCUT2D eigenvalue weighted by molar-refractivity contribution is 6.01. The summed E-state index contributed by atoms with van der Waals surface area (Å²) in [6.45, 7) is 5.60. The molecule has 0 aliphatic heterocycles. The average Bonchev–Trinajstić information content (AvgIpc) is 2.90. The minimum atomic E-state index is -0.988. The van der Waals surface area contributed by atoms with Crippen molar-refractivity contribution in [2.75, 3.05) is 4.90 Å². The number of carboxylic acid groups (broad SMARTS) is 1. The molecule has 124 valence electrons. The number of benzene rings is 2. The number of hydrogen-bond acceptors (Lipinski definition) is 2. The van der Waals surface area contributed by atoms with Gasteiger partial charge in [-0.05, 0) is 51.1 Å². The highest BCUT2D eigenvalue weighted by Crippen LogP contribution is 2.34. The number of H-pyrrole nitrogens is 1. The van der Waals surface area contributed by atoms with Crippen LogP contribution in [0.4, 0.5) is 10.5 Å². The summed E-state index contributed by atoms with van der Waals surface area (Å²) < 4.78 is 5.86. The third-order valence-corrected chi connectivity index (χ3v) is 3.71. The molecule has 0 unspecified atom stereocenters. The molecule has 0 saturated carbocycles. The van der Waals surface area contributed by atoms with Crippen LogP contribution in [0.1, 0.15) is 20.8 Å². The van der Waals surface area contributed by atoms with Gasteiger partial charge in [-0.3, -0.25) is 4.90 Å². The number of rotatable bonds is 3. The van der Waals surface area contributed by atoms with E-state index >= 15 is 0 Å². The summed E-state index contributed by atoms with van der Waals surface area (Å²) in [4.78, 5) is 16.2. The molecule has 24 heavy (non-hydrogen) atoms. The standard InChI is InChI=1S/C19H20N2O3/c1-19(2,3)21(18(22)23)17-12-20-16-10-9-14(11-15(16)17)24-13-7-5-4-6-8-13/h4-12,20H,1-3H3,(H,22,23). The van der Waals surface area contributed by atoms with Gasteiger partial charge < -0.3 is 14.8 Å². The first-order chi connectivity index (χ1) is 11.4. The summed E-state index contributed by atoms with van der Waals surface area (Å²) in [5.41, 5.74) is 0.918. The highest BCUT2D eigenvalue weighted by Gasteiger charge is 2.29. The van der Waals surface area contributed by atoms with Gasteiger partial charge in [0.1, 0.15) is 11.5 Å². The van der Waals surface area contributed by atoms with Gasteiger partial charge in [0.05, 0.1) is 5.69 Å². The van der Waals surface area contributed by atoms with Crippen molar-refractivity contribution in [1.29, 1.82) is 0 Å². The van der Waals surface area contributed by atoms with Crippen molar-refractivity contribution in [2.24, 2.45) is 0 Å². The van der Waals surface area contributed by atoms with E-state index in [0.717, 1.165) is 16.7 Å². The minimum Gasteiger partial charge on any atom is -0.465 e. The number of amides is 1. The lowest BCUT2D eigenvalue weighted by atomic mass is 10.1. The number of carbonyl (C=O) groups is 1. The summed E-state index contributed by atoms with van der Waals surface area (Å²) in [6.07, 6.45) is 0.730. The number of nitrogens with zero attached hydrogens (tertiary/aromatic N) is 1. The van der Waals surface area contributed by atoms with Crippen LogP contribution in [0, 0.1) is 0 Å². The normalized spacial score (nSPS) is 11.5. The molecule has 0 radical (unpaired) electrons. The van der Waals surface area contributed by atoms with Crippen molar-refractivity contribution in [3.05, 3.63) is 54.7 Å². The predicted molar refractivity (Wildman–Crippen MR) is 95.1 cm³/mol. The molecule has 5 nitrogen and oxygen atoms in total. The monoisotopic (exact) mass is 324 g/mol. The predicted octanol–water partition coefficient (Wildman–Crippen LogP) is 5.24. The topological polar surface area (TPSA) is 65.6 Å². The van der Waals surface area contributed by atoms with Crippen LogP contribution in [0.15, 0.2) is 54.7 Å². The molecule has 0 bridgehead atoms. The zero-order chi connectivity index (χ0) is 17.3. The molecule has 0 aliphatic rings. The maximum absolute atomic E-state index is 11.7. The Balaban J connectivity index is 2.04. The third-order valence-electron chi connectivity index (χ3n) is 3.71. The fraction of sp³-hybridized carbons (Fsp3) is 0.211. The molecule has 3 aromatic rings. The Kier molecular flexibility index (Phi) is 3.93. The van der Waals surface area contributed by atoms with Crippen LogP contribution in [0.3, 0.4) is 0 Å². The first kappa shape index (κ1) is 15.9. The second kappa shape index (κ2) is 5.92. The Labute approximate surface area is 140 Å². The SMILES string of the molecule is CC(C)(C)N(C(=O)O)c1c[nH]c2ccc(Oc3ccccc3)cc12. The van der Waals surface area contributed by atoms with Crippen LogP contribution in [-0.4, -0.2) is 21.7 Å². The number of hydrogen-bond donors (Lipinski definition) is 2. The molecule has 2 N–H and O–H groups in total. The maximum atomic E-state index is 11.7. The zero-order valence-electron chi connectivity index (χ0n) is 13.9. The number of ether oxygens (including phenoxy) is 1. The van der Waals surface area contributed by atoms with E-state index < -0.39 is 11.6 Å². The molecular weight excluding hydrogens is 304 g/mol. The Morgan fingerprint density at radius 3 is 2.42 bits per heavy atom. The number of nitrogens with one attached hydrogen (secondary N) is 1. The summed E-state index contributed by atoms with van der Waals surface area (Å²) in [5, 5.41) is 10.4. The third kappa shape index (κ3) is 3.06. The molecule has 2 aromatic carbocycles. The van der Waals surface area contributed by atoms with E-state index in [0.29, 0.717) is 11.4 Å². The average molecular weight is 324 g/mol. The van der Waals surface area contributed by atoms with E-state index in [-0.39, 0.29) is 0 Å². The summed E-state index contributed by atoms with van der Waals surface area (Å²) in [7, 11) is 0. The van der Waals surface area contributed by atoms with Crippen molar-refractivity contribution < 1.29 is 14.6 Å². The van der Waals surface area contributed by atoms with Gasteiger partial charge in [-0.1, -0.05) is 18.2 Å². The lowest BCUT2D eigenvalue weighted by Crippen LogP contribution is -2.45. The van der Waals surface area contributed by atoms with Gasteiger partial charge in [-0.2, -0.15) is 0 Å². The molecule has 1 amide bonds. The van der Waals surface area contributed by atoms with E-state index in [2.05, 4.69) is 4.98 Å². The molecular formula is C19H20N2O3. The van der Waals surface area contributed by atoms with Crippen LogP contribution in [-0.2, 0) is 0 Å². The quantitative estimate of drug-likeness (QED) is 0.692. The van der Waals surface area contributed by atoms with Gasteiger partial charge in [0.2, 0.25) is 0 Å². The van der Waals surface area contributed by atoms with Crippen LogP contribution in [0.25, 0.3) is 10.9 Å². The van der Waals surface area contributed by atoms with Crippen molar-refractivity contribution >= 4 is 22.7 Å². The fourth-order valence-electron chi connectivity index (χ4n) is 2.71. The van der Waals surface area contributed by atoms with Crippen molar-refractivity contribution in [2.45, 2.75) is 26.3 Å². The molecule has 0 atom stereocenters. The molecule has 0 fully saturated rings. The smallest absolute Gasteiger partial charge is 0.412 e. The van der Waals surface area contributed by atoms with Crippen LogP contribution in [0.5, 0.6) is 11.5 Å². The summed E-state index contributed by atoms with van der Waals surface area (Å²) in [6, 6.07) is 15.1. The number of fused-ring (bicyclic) bond motifs is 1.